The van der Waals surface area contributed by atoms with Crippen LogP contribution in [0.2, 0.25) is 0 Å². The van der Waals surface area contributed by atoms with Crippen molar-refractivity contribution in [1.29, 1.82) is 0 Å². The van der Waals surface area contributed by atoms with Crippen molar-refractivity contribution in [1.82, 2.24) is 24.9 Å². The van der Waals surface area contributed by atoms with Gasteiger partial charge in [0.05, 0.1) is 31.4 Å². The first-order valence-electron chi connectivity index (χ1n) is 7.77. The Bertz CT molecular complexity index is 902. The number of rotatable bonds is 4. The number of nitrogens with zero attached hydrogens (tertiary/aromatic N) is 5. The summed E-state index contributed by atoms with van der Waals surface area (Å²) in [6, 6.07) is 3.24. The summed E-state index contributed by atoms with van der Waals surface area (Å²) in [4.78, 5) is 33.5. The van der Waals surface area contributed by atoms with Gasteiger partial charge in [0.15, 0.2) is 11.5 Å². The Labute approximate surface area is 142 Å². The van der Waals surface area contributed by atoms with Crippen molar-refractivity contribution >= 4 is 34.5 Å². The highest BCUT2D eigenvalue weighted by molar-refractivity contribution is 5.91. The first-order valence-corrected chi connectivity index (χ1v) is 7.77. The Morgan fingerprint density at radius 2 is 2.08 bits per heavy atom. The summed E-state index contributed by atoms with van der Waals surface area (Å²) in [5, 5.41) is 3.08. The van der Waals surface area contributed by atoms with Crippen LogP contribution in [0.5, 0.6) is 0 Å². The smallest absolute Gasteiger partial charge is 0.267 e. The van der Waals surface area contributed by atoms with E-state index in [1.807, 2.05) is 0 Å². The number of hydrogen-bond donors (Lipinski definition) is 3. The number of amides is 1. The summed E-state index contributed by atoms with van der Waals surface area (Å²) in [7, 11) is 0. The molecule has 128 valence electrons. The quantitative estimate of drug-likeness (QED) is 0.622. The van der Waals surface area contributed by atoms with Crippen LogP contribution in [-0.2, 0) is 4.74 Å². The molecule has 0 spiro atoms. The number of nitrogens with one attached hydrogen (secondary N) is 2. The van der Waals surface area contributed by atoms with Crippen molar-refractivity contribution in [2.45, 2.75) is 0 Å². The summed E-state index contributed by atoms with van der Waals surface area (Å²) in [5.74, 6) is 0.597. The van der Waals surface area contributed by atoms with Gasteiger partial charge in [0.25, 0.3) is 5.91 Å². The van der Waals surface area contributed by atoms with Crippen LogP contribution in [0.3, 0.4) is 0 Å². The molecule has 0 radical (unpaired) electrons. The van der Waals surface area contributed by atoms with E-state index in [0.29, 0.717) is 30.5 Å². The number of aromatic nitrogens is 5. The molecule has 4 N–H and O–H groups in total. The number of ether oxygens (including phenoxy) is 1. The van der Waals surface area contributed by atoms with E-state index in [0.717, 1.165) is 24.4 Å². The maximum Gasteiger partial charge on any atom is 0.267 e. The van der Waals surface area contributed by atoms with Crippen molar-refractivity contribution in [3.63, 3.8) is 0 Å². The summed E-state index contributed by atoms with van der Waals surface area (Å²) < 4.78 is 5.40. The van der Waals surface area contributed by atoms with Gasteiger partial charge in [0, 0.05) is 13.1 Å². The fourth-order valence-electron chi connectivity index (χ4n) is 2.62. The predicted octanol–water partition coefficient (Wildman–Crippen LogP) is 0.427. The van der Waals surface area contributed by atoms with Crippen LogP contribution in [0, 0.1) is 0 Å². The van der Waals surface area contributed by atoms with E-state index in [-0.39, 0.29) is 5.69 Å². The summed E-state index contributed by atoms with van der Waals surface area (Å²) in [5.41, 5.74) is 7.40. The molecular formula is C15H16N8O2. The zero-order chi connectivity index (χ0) is 17.2. The van der Waals surface area contributed by atoms with Crippen molar-refractivity contribution in [2.75, 3.05) is 36.5 Å². The van der Waals surface area contributed by atoms with E-state index in [9.17, 15) is 4.79 Å². The maximum atomic E-state index is 11.1. The molecular weight excluding hydrogens is 324 g/mol. The molecule has 10 heteroatoms. The molecule has 1 amide bonds. The molecule has 0 unspecified atom stereocenters. The third-order valence-corrected chi connectivity index (χ3v) is 3.85. The molecule has 1 saturated heterocycles. The lowest BCUT2D eigenvalue weighted by Crippen LogP contribution is -2.37. The molecule has 1 aliphatic rings. The largest absolute Gasteiger partial charge is 0.378 e. The Hall–Kier alpha value is -3.27. The number of nitrogens with two attached hydrogens (primary N) is 1. The predicted molar refractivity (Wildman–Crippen MR) is 90.8 cm³/mol. The molecule has 1 fully saturated rings. The second-order valence-corrected chi connectivity index (χ2v) is 5.49. The fraction of sp³-hybridized carbons (Fsp3) is 0.267. The number of pyridine rings is 1. The standard InChI is InChI=1S/C15H16N8O2/c16-12(24)10-2-1-9(7-17-10)20-15-21-13-11(18-8-19-13)14(22-15)23-3-5-25-6-4-23/h1-2,7-8H,3-6H2,(H2,16,24)(H2,18,19,20,21,22). The summed E-state index contributed by atoms with van der Waals surface area (Å²) >= 11 is 0. The minimum atomic E-state index is -0.574. The molecule has 25 heavy (non-hydrogen) atoms. The van der Waals surface area contributed by atoms with Crippen molar-refractivity contribution in [3.8, 4) is 0 Å². The number of morpholine rings is 1. The van der Waals surface area contributed by atoms with E-state index in [4.69, 9.17) is 10.5 Å². The molecule has 3 aromatic heterocycles. The number of carbonyl (C=O) groups excluding carboxylic acids is 1. The molecule has 0 aromatic carbocycles. The van der Waals surface area contributed by atoms with Gasteiger partial charge < -0.3 is 25.7 Å². The third kappa shape index (κ3) is 3.06. The van der Waals surface area contributed by atoms with E-state index in [2.05, 4.69) is 35.1 Å². The average molecular weight is 340 g/mol. The Morgan fingerprint density at radius 3 is 2.80 bits per heavy atom. The van der Waals surface area contributed by atoms with E-state index >= 15 is 0 Å². The van der Waals surface area contributed by atoms with Gasteiger partial charge in [-0.25, -0.2) is 9.97 Å². The number of imidazole rings is 1. The highest BCUT2D eigenvalue weighted by atomic mass is 16.5. The molecule has 4 rings (SSSR count). The lowest BCUT2D eigenvalue weighted by Gasteiger charge is -2.28. The van der Waals surface area contributed by atoms with Crippen LogP contribution < -0.4 is 16.0 Å². The number of hydrogen-bond acceptors (Lipinski definition) is 8. The zero-order valence-corrected chi connectivity index (χ0v) is 13.3. The van der Waals surface area contributed by atoms with Crippen molar-refractivity contribution < 1.29 is 9.53 Å². The number of carbonyl (C=O) groups is 1. The zero-order valence-electron chi connectivity index (χ0n) is 13.3. The molecule has 0 bridgehead atoms. The highest BCUT2D eigenvalue weighted by Crippen LogP contribution is 2.24. The molecule has 10 nitrogen and oxygen atoms in total. The van der Waals surface area contributed by atoms with Crippen LogP contribution in [0.25, 0.3) is 11.2 Å². The van der Waals surface area contributed by atoms with Gasteiger partial charge in [-0.2, -0.15) is 9.97 Å². The first kappa shape index (κ1) is 15.3. The average Bonchev–Trinajstić information content (AvgIpc) is 3.11. The molecule has 0 saturated carbocycles. The van der Waals surface area contributed by atoms with Crippen LogP contribution in [0.1, 0.15) is 10.5 Å². The van der Waals surface area contributed by atoms with Crippen LogP contribution in [0.4, 0.5) is 17.5 Å². The van der Waals surface area contributed by atoms with Gasteiger partial charge in [-0.15, -0.1) is 0 Å². The Balaban J connectivity index is 1.66. The topological polar surface area (TPSA) is 135 Å². The normalized spacial score (nSPS) is 14.6. The number of anilines is 3. The van der Waals surface area contributed by atoms with Gasteiger partial charge >= 0.3 is 0 Å². The van der Waals surface area contributed by atoms with Crippen molar-refractivity contribution in [3.05, 3.63) is 30.4 Å². The van der Waals surface area contributed by atoms with E-state index in [1.54, 1.807) is 18.5 Å². The molecule has 4 heterocycles. The van der Waals surface area contributed by atoms with Gasteiger partial charge in [-0.1, -0.05) is 0 Å². The molecule has 3 aromatic rings. The lowest BCUT2D eigenvalue weighted by atomic mass is 10.3. The monoisotopic (exact) mass is 340 g/mol. The second kappa shape index (κ2) is 6.32. The number of H-pyrrole nitrogens is 1. The molecule has 0 atom stereocenters. The van der Waals surface area contributed by atoms with Gasteiger partial charge in [-0.05, 0) is 12.1 Å². The minimum absolute atomic E-state index is 0.197. The first-order chi connectivity index (χ1) is 12.2. The SMILES string of the molecule is NC(=O)c1ccc(Nc2nc(N3CCOCC3)c3[nH]cnc3n2)cn1. The Kier molecular flexibility index (Phi) is 3.86. The fourth-order valence-corrected chi connectivity index (χ4v) is 2.62. The van der Waals surface area contributed by atoms with Crippen molar-refractivity contribution in [2.24, 2.45) is 5.73 Å². The summed E-state index contributed by atoms with van der Waals surface area (Å²) in [6.07, 6.45) is 3.10. The lowest BCUT2D eigenvalue weighted by molar-refractivity contribution is 0.0995. The highest BCUT2D eigenvalue weighted by Gasteiger charge is 2.19. The third-order valence-electron chi connectivity index (χ3n) is 3.85. The minimum Gasteiger partial charge on any atom is -0.378 e. The maximum absolute atomic E-state index is 11.1. The number of primary amides is 1. The van der Waals surface area contributed by atoms with Crippen LogP contribution in [0.15, 0.2) is 24.7 Å². The van der Waals surface area contributed by atoms with Gasteiger partial charge in [0.2, 0.25) is 5.95 Å². The Morgan fingerprint density at radius 1 is 1.24 bits per heavy atom. The van der Waals surface area contributed by atoms with Crippen LogP contribution in [-0.4, -0.2) is 57.1 Å². The van der Waals surface area contributed by atoms with E-state index in [1.165, 1.54) is 6.20 Å². The van der Waals surface area contributed by atoms with Gasteiger partial charge in [-0.3, -0.25) is 4.79 Å². The van der Waals surface area contributed by atoms with E-state index < -0.39 is 5.91 Å². The second-order valence-electron chi connectivity index (χ2n) is 5.49. The van der Waals surface area contributed by atoms with Gasteiger partial charge in [0.1, 0.15) is 11.2 Å². The van der Waals surface area contributed by atoms with Crippen LogP contribution >= 0.6 is 0 Å². The number of aromatic amines is 1. The molecule has 0 aliphatic carbocycles. The molecule has 1 aliphatic heterocycles. The summed E-state index contributed by atoms with van der Waals surface area (Å²) in [6.45, 7) is 2.81. The number of fused-ring (bicyclic) bond motifs is 1.